The number of nitrogens with one attached hydrogen (secondary N) is 2. The number of aromatic nitrogens is 2. The Morgan fingerprint density at radius 2 is 1.73 bits per heavy atom. The maximum absolute atomic E-state index is 13.3. The van der Waals surface area contributed by atoms with Crippen LogP contribution in [0.2, 0.25) is 10.0 Å². The van der Waals surface area contributed by atoms with Gasteiger partial charge in [-0.3, -0.25) is 9.52 Å². The molecule has 1 amide bonds. The maximum atomic E-state index is 13.3. The highest BCUT2D eigenvalue weighted by Crippen LogP contribution is 2.31. The second kappa shape index (κ2) is 10.3. The molecule has 4 aromatic rings. The van der Waals surface area contributed by atoms with Crippen LogP contribution in [0.3, 0.4) is 0 Å². The van der Waals surface area contributed by atoms with Crippen molar-refractivity contribution >= 4 is 72.4 Å². The van der Waals surface area contributed by atoms with Gasteiger partial charge in [-0.05, 0) is 53.5 Å². The van der Waals surface area contributed by atoms with Gasteiger partial charge in [-0.1, -0.05) is 49.2 Å². The lowest BCUT2D eigenvalue weighted by atomic mass is 9.77. The number of amides is 1. The van der Waals surface area contributed by atoms with Gasteiger partial charge in [-0.2, -0.15) is 12.8 Å². The Bertz CT molecular complexity index is 1610. The summed E-state index contributed by atoms with van der Waals surface area (Å²) in [6.07, 6.45) is 2.74. The molecule has 2 heterocycles. The third kappa shape index (κ3) is 5.54. The molecule has 0 aliphatic carbocycles. The van der Waals surface area contributed by atoms with Crippen LogP contribution in [-0.4, -0.2) is 40.8 Å². The molecule has 0 aliphatic rings. The molecule has 0 aliphatic heterocycles. The van der Waals surface area contributed by atoms with Crippen molar-refractivity contribution in [2.75, 3.05) is 4.72 Å². The average molecular weight is 579 g/mol. The topological polar surface area (TPSA) is 138 Å². The third-order valence-electron chi connectivity index (χ3n) is 5.80. The van der Waals surface area contributed by atoms with E-state index in [9.17, 15) is 23.1 Å². The number of carboxylic acid groups (broad SMARTS) is 1. The van der Waals surface area contributed by atoms with E-state index in [2.05, 4.69) is 19.4 Å². The lowest BCUT2D eigenvalue weighted by molar-refractivity contribution is -0.140. The van der Waals surface area contributed by atoms with E-state index in [1.807, 2.05) is 0 Å². The standard InChI is InChI=1S/C24H20Cl2N4O5S2/c1-24(2,13-3-5-14(25)6-4-13)20(23(32)33)29-21(31)16-8-7-15(26)11-18(16)30-37(34,35)22-17-12-28-36-19(17)9-10-27-22/h3-12,20,30H,1-2H3,(H,29,31)(H,32,33). The average Bonchev–Trinajstić information content (AvgIpc) is 3.31. The summed E-state index contributed by atoms with van der Waals surface area (Å²) < 4.78 is 33.4. The highest BCUT2D eigenvalue weighted by atomic mass is 35.5. The van der Waals surface area contributed by atoms with E-state index in [-0.39, 0.29) is 21.3 Å². The fourth-order valence-electron chi connectivity index (χ4n) is 3.78. The molecule has 0 spiro atoms. The number of nitrogens with zero attached hydrogens (tertiary/aromatic N) is 2. The summed E-state index contributed by atoms with van der Waals surface area (Å²) in [5, 5.41) is 13.2. The Morgan fingerprint density at radius 3 is 2.41 bits per heavy atom. The van der Waals surface area contributed by atoms with E-state index in [0.29, 0.717) is 20.7 Å². The number of carbonyl (C=O) groups is 2. The van der Waals surface area contributed by atoms with Crippen molar-refractivity contribution in [3.63, 3.8) is 0 Å². The smallest absolute Gasteiger partial charge is 0.327 e. The van der Waals surface area contributed by atoms with Crippen molar-refractivity contribution in [1.82, 2.24) is 14.7 Å². The SMILES string of the molecule is CC(C)(c1ccc(Cl)cc1)C(NC(=O)c1ccc(Cl)cc1NS(=O)(=O)c1nccc2sncc12)C(=O)O. The van der Waals surface area contributed by atoms with Crippen molar-refractivity contribution in [3.05, 3.63) is 82.1 Å². The summed E-state index contributed by atoms with van der Waals surface area (Å²) in [6.45, 7) is 3.34. The summed E-state index contributed by atoms with van der Waals surface area (Å²) in [7, 11) is -4.26. The van der Waals surface area contributed by atoms with Gasteiger partial charge in [0.1, 0.15) is 6.04 Å². The Hall–Kier alpha value is -3.25. The van der Waals surface area contributed by atoms with Gasteiger partial charge >= 0.3 is 5.97 Å². The number of sulfonamides is 1. The van der Waals surface area contributed by atoms with Crippen LogP contribution in [0, 0.1) is 0 Å². The fourth-order valence-corrected chi connectivity index (χ4v) is 5.99. The molecule has 1 atom stereocenters. The predicted octanol–water partition coefficient (Wildman–Crippen LogP) is 4.96. The fraction of sp³-hybridized carbons (Fsp3) is 0.167. The minimum atomic E-state index is -4.26. The zero-order chi connectivity index (χ0) is 27.0. The van der Waals surface area contributed by atoms with Gasteiger partial charge < -0.3 is 10.4 Å². The largest absolute Gasteiger partial charge is 0.480 e. The maximum Gasteiger partial charge on any atom is 0.327 e. The van der Waals surface area contributed by atoms with Crippen LogP contribution in [0.4, 0.5) is 5.69 Å². The first-order chi connectivity index (χ1) is 17.4. The van der Waals surface area contributed by atoms with Gasteiger partial charge in [0.25, 0.3) is 15.9 Å². The first-order valence-electron chi connectivity index (χ1n) is 10.7. The molecule has 0 bridgehead atoms. The van der Waals surface area contributed by atoms with Gasteiger partial charge in [0.2, 0.25) is 0 Å². The lowest BCUT2D eigenvalue weighted by Crippen LogP contribution is -2.52. The van der Waals surface area contributed by atoms with Gasteiger partial charge in [0, 0.05) is 21.7 Å². The highest BCUT2D eigenvalue weighted by Gasteiger charge is 2.38. The van der Waals surface area contributed by atoms with Gasteiger partial charge in [0.05, 0.1) is 27.5 Å². The normalized spacial score (nSPS) is 12.8. The molecule has 192 valence electrons. The van der Waals surface area contributed by atoms with Crippen molar-refractivity contribution in [2.45, 2.75) is 30.3 Å². The Balaban J connectivity index is 1.68. The monoisotopic (exact) mass is 578 g/mol. The van der Waals surface area contributed by atoms with Crippen molar-refractivity contribution in [1.29, 1.82) is 0 Å². The van der Waals surface area contributed by atoms with E-state index in [4.69, 9.17) is 23.2 Å². The number of hydrogen-bond acceptors (Lipinski definition) is 7. The number of aliphatic carboxylic acids is 1. The van der Waals surface area contributed by atoms with Gasteiger partial charge in [-0.15, -0.1) is 0 Å². The summed E-state index contributed by atoms with van der Waals surface area (Å²) in [6, 6.07) is 10.9. The minimum absolute atomic E-state index is 0.123. The van der Waals surface area contributed by atoms with E-state index >= 15 is 0 Å². The molecule has 13 heteroatoms. The van der Waals surface area contributed by atoms with Crippen LogP contribution < -0.4 is 10.0 Å². The molecule has 0 saturated carbocycles. The number of halogens is 2. The first kappa shape index (κ1) is 26.8. The number of pyridine rings is 1. The Labute approximate surface area is 226 Å². The van der Waals surface area contributed by atoms with Crippen molar-refractivity contribution in [3.8, 4) is 0 Å². The van der Waals surface area contributed by atoms with Crippen LogP contribution in [0.15, 0.2) is 66.0 Å². The van der Waals surface area contributed by atoms with Crippen molar-refractivity contribution < 1.29 is 23.1 Å². The first-order valence-corrected chi connectivity index (χ1v) is 13.7. The van der Waals surface area contributed by atoms with E-state index in [1.165, 1.54) is 30.6 Å². The van der Waals surface area contributed by atoms with E-state index in [1.54, 1.807) is 44.2 Å². The molecule has 1 unspecified atom stereocenters. The molecular formula is C24H20Cl2N4O5S2. The Kier molecular flexibility index (Phi) is 7.43. The van der Waals surface area contributed by atoms with Gasteiger partial charge in [0.15, 0.2) is 5.03 Å². The molecule has 9 nitrogen and oxygen atoms in total. The number of fused-ring (bicyclic) bond motifs is 1. The van der Waals surface area contributed by atoms with E-state index in [0.717, 1.165) is 11.5 Å². The van der Waals surface area contributed by atoms with Gasteiger partial charge in [-0.25, -0.2) is 9.78 Å². The highest BCUT2D eigenvalue weighted by molar-refractivity contribution is 7.92. The number of carbonyl (C=O) groups excluding carboxylic acids is 1. The molecule has 0 radical (unpaired) electrons. The number of carboxylic acids is 1. The predicted molar refractivity (Wildman–Crippen MR) is 143 cm³/mol. The quantitative estimate of drug-likeness (QED) is 0.268. The third-order valence-corrected chi connectivity index (χ3v) is 8.38. The molecule has 37 heavy (non-hydrogen) atoms. The number of benzene rings is 2. The van der Waals surface area contributed by atoms with Crippen LogP contribution in [0.5, 0.6) is 0 Å². The molecule has 0 saturated heterocycles. The van der Waals surface area contributed by atoms with Crippen LogP contribution in [0.1, 0.15) is 29.8 Å². The summed E-state index contributed by atoms with van der Waals surface area (Å²) >= 11 is 13.2. The second-order valence-corrected chi connectivity index (χ2v) is 11.9. The van der Waals surface area contributed by atoms with Crippen molar-refractivity contribution in [2.24, 2.45) is 0 Å². The molecular weight excluding hydrogens is 559 g/mol. The molecule has 2 aromatic heterocycles. The summed E-state index contributed by atoms with van der Waals surface area (Å²) in [5.74, 6) is -2.09. The number of rotatable bonds is 8. The zero-order valence-electron chi connectivity index (χ0n) is 19.4. The van der Waals surface area contributed by atoms with Crippen LogP contribution in [0.25, 0.3) is 10.1 Å². The van der Waals surface area contributed by atoms with Crippen LogP contribution in [-0.2, 0) is 20.2 Å². The molecule has 0 fully saturated rings. The number of anilines is 1. The zero-order valence-corrected chi connectivity index (χ0v) is 22.5. The second-order valence-electron chi connectivity index (χ2n) is 8.62. The Morgan fingerprint density at radius 1 is 1.05 bits per heavy atom. The lowest BCUT2D eigenvalue weighted by Gasteiger charge is -2.32. The van der Waals surface area contributed by atoms with E-state index < -0.39 is 33.4 Å². The summed E-state index contributed by atoms with van der Waals surface area (Å²) in [5.41, 5.74) is -0.684. The summed E-state index contributed by atoms with van der Waals surface area (Å²) in [4.78, 5) is 29.5. The molecule has 4 rings (SSSR count). The van der Waals surface area contributed by atoms with Crippen LogP contribution >= 0.6 is 34.7 Å². The number of hydrogen-bond donors (Lipinski definition) is 3. The molecule has 2 aromatic carbocycles. The molecule has 3 N–H and O–H groups in total. The minimum Gasteiger partial charge on any atom is -0.480 e.